The lowest BCUT2D eigenvalue weighted by atomic mass is 10.4. The average Bonchev–Trinajstić information content (AvgIpc) is 2.73. The monoisotopic (exact) mass is 241 g/mol. The summed E-state index contributed by atoms with van der Waals surface area (Å²) in [4.78, 5) is 2.74. The van der Waals surface area contributed by atoms with Crippen LogP contribution in [0.15, 0.2) is 12.1 Å². The van der Waals surface area contributed by atoms with Gasteiger partial charge in [0.2, 0.25) is 0 Å². The zero-order valence-corrected chi connectivity index (χ0v) is 11.2. The predicted molar refractivity (Wildman–Crippen MR) is 70.9 cm³/mol. The normalized spacial score (nSPS) is 10.9. The molecule has 0 radical (unpaired) electrons. The van der Waals surface area contributed by atoms with Gasteiger partial charge in [-0.25, -0.2) is 0 Å². The molecule has 0 fully saturated rings. The van der Waals surface area contributed by atoms with Gasteiger partial charge in [-0.2, -0.15) is 0 Å². The zero-order valence-electron chi connectivity index (χ0n) is 10.4. The van der Waals surface area contributed by atoms with Crippen LogP contribution >= 0.6 is 11.3 Å². The summed E-state index contributed by atoms with van der Waals surface area (Å²) in [6.45, 7) is 8.13. The van der Waals surface area contributed by atoms with Crippen LogP contribution < -0.4 is 5.32 Å². The Kier molecular flexibility index (Phi) is 7.47. The summed E-state index contributed by atoms with van der Waals surface area (Å²) < 4.78 is 5.59. The number of unbranched alkanes of at least 4 members (excludes halogenated alkanes) is 1. The number of hydrogen-bond acceptors (Lipinski definition) is 3. The van der Waals surface area contributed by atoms with Crippen molar-refractivity contribution in [2.45, 2.75) is 46.3 Å². The van der Waals surface area contributed by atoms with E-state index in [9.17, 15) is 0 Å². The summed E-state index contributed by atoms with van der Waals surface area (Å²) >= 11 is 1.85. The molecule has 0 amide bonds. The second kappa shape index (κ2) is 8.74. The summed E-state index contributed by atoms with van der Waals surface area (Å²) in [6.07, 6.45) is 3.56. The Hall–Kier alpha value is -0.380. The minimum Gasteiger partial charge on any atom is -0.376 e. The van der Waals surface area contributed by atoms with Gasteiger partial charge < -0.3 is 10.1 Å². The van der Waals surface area contributed by atoms with Crippen LogP contribution in [0.25, 0.3) is 0 Å². The van der Waals surface area contributed by atoms with Gasteiger partial charge in [-0.1, -0.05) is 20.3 Å². The van der Waals surface area contributed by atoms with Crippen LogP contribution in [0, 0.1) is 0 Å². The molecule has 1 heterocycles. The molecule has 0 saturated heterocycles. The van der Waals surface area contributed by atoms with Crippen molar-refractivity contribution in [1.29, 1.82) is 0 Å². The van der Waals surface area contributed by atoms with Gasteiger partial charge in [-0.15, -0.1) is 11.3 Å². The molecule has 1 N–H and O–H groups in total. The van der Waals surface area contributed by atoms with E-state index in [-0.39, 0.29) is 0 Å². The Morgan fingerprint density at radius 1 is 1.19 bits per heavy atom. The van der Waals surface area contributed by atoms with E-state index in [1.54, 1.807) is 0 Å². The Morgan fingerprint density at radius 2 is 2.00 bits per heavy atom. The van der Waals surface area contributed by atoms with E-state index in [0.29, 0.717) is 0 Å². The van der Waals surface area contributed by atoms with E-state index in [4.69, 9.17) is 4.74 Å². The second-order valence-electron chi connectivity index (χ2n) is 3.95. The first kappa shape index (κ1) is 13.7. The van der Waals surface area contributed by atoms with Crippen LogP contribution in [0.3, 0.4) is 0 Å². The molecule has 1 rings (SSSR count). The van der Waals surface area contributed by atoms with Gasteiger partial charge >= 0.3 is 0 Å². The van der Waals surface area contributed by atoms with Gasteiger partial charge in [0, 0.05) is 22.9 Å². The molecule has 16 heavy (non-hydrogen) atoms. The van der Waals surface area contributed by atoms with E-state index in [1.165, 1.54) is 22.6 Å². The Balaban J connectivity index is 2.17. The Labute approximate surface area is 103 Å². The van der Waals surface area contributed by atoms with Gasteiger partial charge in [0.15, 0.2) is 0 Å². The standard InChI is InChI=1S/C13H23NOS/c1-3-5-9-15-11-13-7-6-12(16-13)10-14-8-4-2/h6-7,14H,3-5,8-11H2,1-2H3. The molecule has 0 aliphatic rings. The van der Waals surface area contributed by atoms with Crippen molar-refractivity contribution in [3.63, 3.8) is 0 Å². The highest BCUT2D eigenvalue weighted by atomic mass is 32.1. The maximum absolute atomic E-state index is 5.59. The molecule has 92 valence electrons. The molecule has 0 aromatic carbocycles. The molecule has 2 nitrogen and oxygen atoms in total. The van der Waals surface area contributed by atoms with E-state index < -0.39 is 0 Å². The van der Waals surface area contributed by atoms with Crippen LogP contribution in [-0.2, 0) is 17.9 Å². The first-order valence-corrected chi connectivity index (χ1v) is 7.04. The number of nitrogens with one attached hydrogen (secondary N) is 1. The minimum atomic E-state index is 0.776. The topological polar surface area (TPSA) is 21.3 Å². The lowest BCUT2D eigenvalue weighted by molar-refractivity contribution is 0.120. The molecule has 0 unspecified atom stereocenters. The molecule has 0 bridgehead atoms. The summed E-state index contributed by atoms with van der Waals surface area (Å²) in [5, 5.41) is 3.41. The number of rotatable bonds is 9. The molecule has 0 atom stereocenters. The lowest BCUT2D eigenvalue weighted by Crippen LogP contribution is -2.12. The number of thiophene rings is 1. The summed E-state index contributed by atoms with van der Waals surface area (Å²) in [5.74, 6) is 0. The maximum Gasteiger partial charge on any atom is 0.0809 e. The van der Waals surface area contributed by atoms with Crippen molar-refractivity contribution in [3.05, 3.63) is 21.9 Å². The number of hydrogen-bond donors (Lipinski definition) is 1. The highest BCUT2D eigenvalue weighted by molar-refractivity contribution is 7.11. The molecule has 0 saturated carbocycles. The fourth-order valence-electron chi connectivity index (χ4n) is 1.40. The van der Waals surface area contributed by atoms with Gasteiger partial charge in [0.25, 0.3) is 0 Å². The van der Waals surface area contributed by atoms with E-state index in [1.807, 2.05) is 11.3 Å². The van der Waals surface area contributed by atoms with Crippen molar-refractivity contribution in [3.8, 4) is 0 Å². The first-order valence-electron chi connectivity index (χ1n) is 6.22. The fourth-order valence-corrected chi connectivity index (χ4v) is 2.33. The largest absolute Gasteiger partial charge is 0.376 e. The molecule has 1 aromatic heterocycles. The Morgan fingerprint density at radius 3 is 2.75 bits per heavy atom. The fraction of sp³-hybridized carbons (Fsp3) is 0.692. The quantitative estimate of drug-likeness (QED) is 0.667. The van der Waals surface area contributed by atoms with E-state index >= 15 is 0 Å². The first-order chi connectivity index (χ1) is 7.86. The SMILES string of the molecule is CCCCOCc1ccc(CNCCC)s1. The molecule has 3 heteroatoms. The van der Waals surface area contributed by atoms with Crippen LogP contribution in [-0.4, -0.2) is 13.2 Å². The maximum atomic E-state index is 5.59. The Bertz CT molecular complexity index is 273. The molecule has 0 aliphatic heterocycles. The van der Waals surface area contributed by atoms with E-state index in [0.717, 1.165) is 32.7 Å². The lowest BCUT2D eigenvalue weighted by Gasteiger charge is -2.01. The highest BCUT2D eigenvalue weighted by Gasteiger charge is 1.99. The molecular formula is C13H23NOS. The van der Waals surface area contributed by atoms with Gasteiger partial charge in [0.05, 0.1) is 6.61 Å². The molecular weight excluding hydrogens is 218 g/mol. The third-order valence-electron chi connectivity index (χ3n) is 2.33. The van der Waals surface area contributed by atoms with Crippen molar-refractivity contribution in [2.75, 3.05) is 13.2 Å². The smallest absolute Gasteiger partial charge is 0.0809 e. The van der Waals surface area contributed by atoms with Crippen LogP contribution in [0.4, 0.5) is 0 Å². The van der Waals surface area contributed by atoms with Crippen LogP contribution in [0.2, 0.25) is 0 Å². The average molecular weight is 241 g/mol. The summed E-state index contributed by atoms with van der Waals surface area (Å²) in [7, 11) is 0. The minimum absolute atomic E-state index is 0.776. The van der Waals surface area contributed by atoms with Crippen molar-refractivity contribution >= 4 is 11.3 Å². The van der Waals surface area contributed by atoms with Gasteiger partial charge in [-0.3, -0.25) is 0 Å². The van der Waals surface area contributed by atoms with Crippen LogP contribution in [0.5, 0.6) is 0 Å². The summed E-state index contributed by atoms with van der Waals surface area (Å²) in [5.41, 5.74) is 0. The van der Waals surface area contributed by atoms with Crippen molar-refractivity contribution in [1.82, 2.24) is 5.32 Å². The van der Waals surface area contributed by atoms with Crippen LogP contribution in [0.1, 0.15) is 42.9 Å². The number of ether oxygens (including phenoxy) is 1. The van der Waals surface area contributed by atoms with Gasteiger partial charge in [-0.05, 0) is 31.5 Å². The van der Waals surface area contributed by atoms with E-state index in [2.05, 4.69) is 31.3 Å². The van der Waals surface area contributed by atoms with Crippen molar-refractivity contribution in [2.24, 2.45) is 0 Å². The summed E-state index contributed by atoms with van der Waals surface area (Å²) in [6, 6.07) is 4.38. The van der Waals surface area contributed by atoms with Gasteiger partial charge in [0.1, 0.15) is 0 Å². The second-order valence-corrected chi connectivity index (χ2v) is 5.20. The van der Waals surface area contributed by atoms with Crippen molar-refractivity contribution < 1.29 is 4.74 Å². The predicted octanol–water partition coefficient (Wildman–Crippen LogP) is 3.56. The molecule has 0 aliphatic carbocycles. The molecule has 1 aromatic rings. The third-order valence-corrected chi connectivity index (χ3v) is 3.39. The molecule has 0 spiro atoms. The third kappa shape index (κ3) is 5.64. The zero-order chi connectivity index (χ0) is 11.6. The highest BCUT2D eigenvalue weighted by Crippen LogP contribution is 2.17.